The third kappa shape index (κ3) is 5.95. The molecule has 0 atom stereocenters. The number of benzene rings is 3. The van der Waals surface area contributed by atoms with Crippen molar-refractivity contribution in [1.82, 2.24) is 0 Å². The molecule has 0 aliphatic rings. The van der Waals surface area contributed by atoms with Gasteiger partial charge in [-0.2, -0.15) is 0 Å². The number of anilines is 2. The van der Waals surface area contributed by atoms with Crippen molar-refractivity contribution in [1.29, 1.82) is 0 Å². The molecule has 0 fully saturated rings. The fraction of sp³-hybridized carbons (Fsp3) is 0. The minimum Gasteiger partial charge on any atom is -0.457 e. The molecule has 0 unspecified atom stereocenters. The summed E-state index contributed by atoms with van der Waals surface area (Å²) >= 11 is 23.2. The number of non-ortho nitro benzene ring substituents is 1. The van der Waals surface area contributed by atoms with Gasteiger partial charge in [-0.1, -0.05) is 34.8 Å². The van der Waals surface area contributed by atoms with E-state index in [9.17, 15) is 10.1 Å². The van der Waals surface area contributed by atoms with Crippen molar-refractivity contribution in [3.8, 4) is 11.5 Å². The average molecular weight is 469 g/mol. The molecule has 3 rings (SSSR count). The number of halogens is 3. The number of hydrogen-bond donors (Lipinski definition) is 2. The van der Waals surface area contributed by atoms with E-state index in [1.54, 1.807) is 48.5 Å². The number of nitro benzene ring substituents is 1. The van der Waals surface area contributed by atoms with Crippen LogP contribution in [0.25, 0.3) is 0 Å². The molecule has 3 aromatic rings. The summed E-state index contributed by atoms with van der Waals surface area (Å²) < 4.78 is 5.69. The fourth-order valence-corrected chi connectivity index (χ4v) is 3.03. The summed E-state index contributed by atoms with van der Waals surface area (Å²) in [6.45, 7) is 0. The van der Waals surface area contributed by atoms with E-state index in [4.69, 9.17) is 51.8 Å². The predicted octanol–water partition coefficient (Wildman–Crippen LogP) is 7.16. The first-order chi connectivity index (χ1) is 13.8. The van der Waals surface area contributed by atoms with E-state index in [1.807, 2.05) is 0 Å². The first-order valence-electron chi connectivity index (χ1n) is 8.06. The summed E-state index contributed by atoms with van der Waals surface area (Å²) in [6.07, 6.45) is 0. The second-order valence-electron chi connectivity index (χ2n) is 5.73. The molecular weight excluding hydrogens is 457 g/mol. The molecule has 0 aliphatic heterocycles. The predicted molar refractivity (Wildman–Crippen MR) is 121 cm³/mol. The molecule has 10 heteroatoms. The van der Waals surface area contributed by atoms with E-state index in [-0.39, 0.29) is 16.5 Å². The lowest BCUT2D eigenvalue weighted by atomic mass is 10.2. The zero-order chi connectivity index (χ0) is 21.0. The molecule has 3 aromatic carbocycles. The normalized spacial score (nSPS) is 10.3. The molecule has 0 spiro atoms. The summed E-state index contributed by atoms with van der Waals surface area (Å²) in [7, 11) is 0. The molecule has 29 heavy (non-hydrogen) atoms. The minimum absolute atomic E-state index is 0.164. The first-order valence-corrected chi connectivity index (χ1v) is 9.60. The number of rotatable bonds is 5. The lowest BCUT2D eigenvalue weighted by Crippen LogP contribution is -2.19. The van der Waals surface area contributed by atoms with Gasteiger partial charge in [0.2, 0.25) is 0 Å². The number of ether oxygens (including phenoxy) is 1. The molecule has 0 aliphatic carbocycles. The maximum absolute atomic E-state index is 11.3. The summed E-state index contributed by atoms with van der Waals surface area (Å²) in [5, 5.41) is 18.7. The van der Waals surface area contributed by atoms with Gasteiger partial charge < -0.3 is 15.4 Å². The number of hydrogen-bond acceptors (Lipinski definition) is 4. The molecule has 0 saturated carbocycles. The van der Waals surface area contributed by atoms with Crippen LogP contribution in [-0.2, 0) is 0 Å². The van der Waals surface area contributed by atoms with Gasteiger partial charge in [-0.3, -0.25) is 10.1 Å². The fourth-order valence-electron chi connectivity index (χ4n) is 2.34. The maximum atomic E-state index is 11.3. The maximum Gasteiger partial charge on any atom is 0.275 e. The van der Waals surface area contributed by atoms with Crippen molar-refractivity contribution in [3.05, 3.63) is 85.8 Å². The van der Waals surface area contributed by atoms with Gasteiger partial charge in [0.25, 0.3) is 5.69 Å². The van der Waals surface area contributed by atoms with Gasteiger partial charge in [0.1, 0.15) is 11.5 Å². The highest BCUT2D eigenvalue weighted by Crippen LogP contribution is 2.31. The molecular formula is C19H12Cl3N3O3S. The van der Waals surface area contributed by atoms with E-state index in [0.29, 0.717) is 32.2 Å². The first kappa shape index (κ1) is 21.1. The topological polar surface area (TPSA) is 76.4 Å². The van der Waals surface area contributed by atoms with Gasteiger partial charge in [-0.05, 0) is 54.7 Å². The monoisotopic (exact) mass is 467 g/mol. The Bertz CT molecular complexity index is 1080. The second kappa shape index (κ2) is 9.28. The molecule has 0 saturated heterocycles. The van der Waals surface area contributed by atoms with Crippen LogP contribution in [0.15, 0.2) is 60.7 Å². The highest BCUT2D eigenvalue weighted by atomic mass is 35.5. The van der Waals surface area contributed by atoms with Crippen molar-refractivity contribution < 1.29 is 9.66 Å². The Balaban J connectivity index is 1.81. The highest BCUT2D eigenvalue weighted by molar-refractivity contribution is 7.80. The molecule has 148 valence electrons. The smallest absolute Gasteiger partial charge is 0.275 e. The van der Waals surface area contributed by atoms with Crippen LogP contribution < -0.4 is 15.4 Å². The van der Waals surface area contributed by atoms with Crippen molar-refractivity contribution in [3.63, 3.8) is 0 Å². The Labute approximate surface area is 186 Å². The number of thiocarbonyl (C=S) groups is 1. The lowest BCUT2D eigenvalue weighted by molar-refractivity contribution is -0.384. The quantitative estimate of drug-likeness (QED) is 0.235. The van der Waals surface area contributed by atoms with Crippen LogP contribution in [0.3, 0.4) is 0 Å². The van der Waals surface area contributed by atoms with E-state index in [1.165, 1.54) is 12.1 Å². The summed E-state index contributed by atoms with van der Waals surface area (Å²) in [6, 6.07) is 15.7. The Morgan fingerprint density at radius 2 is 1.59 bits per heavy atom. The number of nitrogens with zero attached hydrogens (tertiary/aromatic N) is 1. The van der Waals surface area contributed by atoms with Crippen LogP contribution in [0, 0.1) is 10.1 Å². The van der Waals surface area contributed by atoms with Crippen molar-refractivity contribution in [2.75, 3.05) is 10.6 Å². The van der Waals surface area contributed by atoms with E-state index in [2.05, 4.69) is 10.6 Å². The van der Waals surface area contributed by atoms with Crippen molar-refractivity contribution in [2.24, 2.45) is 0 Å². The lowest BCUT2D eigenvalue weighted by Gasteiger charge is -2.13. The molecule has 0 heterocycles. The zero-order valence-corrected chi connectivity index (χ0v) is 17.6. The highest BCUT2D eigenvalue weighted by Gasteiger charge is 2.13. The third-order valence-electron chi connectivity index (χ3n) is 3.59. The standard InChI is InChI=1S/C19H12Cl3N3O3S/c20-11-1-4-15(5-2-11)28-16-9-13(8-14(10-16)25(26)27)23-19(29)24-18-7-12(21)3-6-17(18)22/h1-10H,(H2,23,24,29). The summed E-state index contributed by atoms with van der Waals surface area (Å²) in [5.74, 6) is 0.736. The molecule has 0 radical (unpaired) electrons. The minimum atomic E-state index is -0.524. The van der Waals surface area contributed by atoms with Crippen LogP contribution in [-0.4, -0.2) is 10.0 Å². The van der Waals surface area contributed by atoms with Gasteiger partial charge in [0, 0.05) is 22.2 Å². The molecule has 2 N–H and O–H groups in total. The van der Waals surface area contributed by atoms with Crippen LogP contribution in [0.5, 0.6) is 11.5 Å². The zero-order valence-electron chi connectivity index (χ0n) is 14.5. The van der Waals surface area contributed by atoms with Crippen LogP contribution in [0.4, 0.5) is 17.1 Å². The van der Waals surface area contributed by atoms with E-state index >= 15 is 0 Å². The van der Waals surface area contributed by atoms with Crippen molar-refractivity contribution in [2.45, 2.75) is 0 Å². The van der Waals surface area contributed by atoms with Gasteiger partial charge in [0.05, 0.1) is 27.4 Å². The van der Waals surface area contributed by atoms with Gasteiger partial charge >= 0.3 is 0 Å². The number of nitro groups is 1. The van der Waals surface area contributed by atoms with Gasteiger partial charge in [0.15, 0.2) is 5.11 Å². The van der Waals surface area contributed by atoms with Crippen LogP contribution in [0.1, 0.15) is 0 Å². The number of nitrogens with one attached hydrogen (secondary N) is 2. The Kier molecular flexibility index (Phi) is 6.76. The summed E-state index contributed by atoms with van der Waals surface area (Å²) in [5.41, 5.74) is 0.695. The Morgan fingerprint density at radius 3 is 2.28 bits per heavy atom. The van der Waals surface area contributed by atoms with Crippen LogP contribution in [0.2, 0.25) is 15.1 Å². The molecule has 6 nitrogen and oxygen atoms in total. The van der Waals surface area contributed by atoms with Crippen molar-refractivity contribution >= 4 is 69.2 Å². The molecule has 0 aromatic heterocycles. The van der Waals surface area contributed by atoms with E-state index < -0.39 is 4.92 Å². The third-order valence-corrected chi connectivity index (χ3v) is 4.61. The Morgan fingerprint density at radius 1 is 0.897 bits per heavy atom. The summed E-state index contributed by atoms with van der Waals surface area (Å²) in [4.78, 5) is 10.8. The van der Waals surface area contributed by atoms with Gasteiger partial charge in [-0.15, -0.1) is 0 Å². The SMILES string of the molecule is O=[N+]([O-])c1cc(NC(=S)Nc2cc(Cl)ccc2Cl)cc(Oc2ccc(Cl)cc2)c1. The largest absolute Gasteiger partial charge is 0.457 e. The Hall–Kier alpha value is -2.58. The van der Waals surface area contributed by atoms with E-state index in [0.717, 1.165) is 0 Å². The van der Waals surface area contributed by atoms with Gasteiger partial charge in [-0.25, -0.2) is 0 Å². The average Bonchev–Trinajstić information content (AvgIpc) is 2.66. The molecule has 0 amide bonds. The second-order valence-corrected chi connectivity index (χ2v) is 7.42. The molecule has 0 bridgehead atoms. The van der Waals surface area contributed by atoms with Crippen LogP contribution >= 0.6 is 47.0 Å².